The van der Waals surface area contributed by atoms with E-state index in [-0.39, 0.29) is 11.4 Å². The molecule has 2 N–H and O–H groups in total. The fourth-order valence-corrected chi connectivity index (χ4v) is 4.74. The van der Waals surface area contributed by atoms with E-state index in [1.165, 1.54) is 17.2 Å². The minimum Gasteiger partial charge on any atom is -0.371 e. The Morgan fingerprint density at radius 2 is 1.96 bits per heavy atom. The van der Waals surface area contributed by atoms with Crippen molar-refractivity contribution in [3.8, 4) is 0 Å². The van der Waals surface area contributed by atoms with Crippen molar-refractivity contribution in [2.45, 2.75) is 31.8 Å². The molecule has 1 saturated heterocycles. The van der Waals surface area contributed by atoms with Gasteiger partial charge in [0.15, 0.2) is 0 Å². The molecule has 4 rings (SSSR count). The molecule has 2 aromatic carbocycles. The van der Waals surface area contributed by atoms with Gasteiger partial charge < -0.3 is 10.6 Å². The van der Waals surface area contributed by atoms with Crippen molar-refractivity contribution >= 4 is 29.0 Å². The molecule has 1 fully saturated rings. The van der Waals surface area contributed by atoms with Gasteiger partial charge in [-0.05, 0) is 55.0 Å². The SMILES string of the molecule is Cc1cccc(CN=C2Nc3ccc(F)cc3NC23CCSCC3)c1. The number of thioether (sulfide) groups is 1. The van der Waals surface area contributed by atoms with Crippen LogP contribution >= 0.6 is 11.8 Å². The predicted molar refractivity (Wildman–Crippen MR) is 105 cm³/mol. The maximum Gasteiger partial charge on any atom is 0.127 e. The third kappa shape index (κ3) is 3.38. The molecule has 2 aliphatic heterocycles. The quantitative estimate of drug-likeness (QED) is 0.809. The highest BCUT2D eigenvalue weighted by Crippen LogP contribution is 2.39. The lowest BCUT2D eigenvalue weighted by Crippen LogP contribution is -2.54. The molecule has 1 spiro atoms. The van der Waals surface area contributed by atoms with Gasteiger partial charge in [-0.1, -0.05) is 29.8 Å². The molecule has 130 valence electrons. The van der Waals surface area contributed by atoms with Crippen molar-refractivity contribution in [1.29, 1.82) is 0 Å². The lowest BCUT2D eigenvalue weighted by atomic mass is 9.87. The molecular weight excluding hydrogens is 333 g/mol. The van der Waals surface area contributed by atoms with Gasteiger partial charge in [0.2, 0.25) is 0 Å². The van der Waals surface area contributed by atoms with E-state index in [1.54, 1.807) is 12.1 Å². The van der Waals surface area contributed by atoms with Gasteiger partial charge in [-0.25, -0.2) is 4.39 Å². The highest BCUT2D eigenvalue weighted by atomic mass is 32.2. The zero-order valence-electron chi connectivity index (χ0n) is 14.3. The first-order valence-electron chi connectivity index (χ1n) is 8.68. The molecule has 25 heavy (non-hydrogen) atoms. The van der Waals surface area contributed by atoms with Crippen molar-refractivity contribution in [2.75, 3.05) is 22.1 Å². The summed E-state index contributed by atoms with van der Waals surface area (Å²) in [5.74, 6) is 2.94. The van der Waals surface area contributed by atoms with Crippen LogP contribution in [0.4, 0.5) is 15.8 Å². The molecule has 0 unspecified atom stereocenters. The molecule has 2 aliphatic rings. The van der Waals surface area contributed by atoms with Gasteiger partial charge in [0, 0.05) is 0 Å². The van der Waals surface area contributed by atoms with E-state index >= 15 is 0 Å². The van der Waals surface area contributed by atoms with Crippen molar-refractivity contribution < 1.29 is 4.39 Å². The second kappa shape index (κ2) is 6.71. The molecule has 5 heteroatoms. The van der Waals surface area contributed by atoms with Gasteiger partial charge in [-0.3, -0.25) is 4.99 Å². The number of hydrogen-bond acceptors (Lipinski definition) is 3. The number of rotatable bonds is 2. The third-order valence-electron chi connectivity index (χ3n) is 4.91. The lowest BCUT2D eigenvalue weighted by Gasteiger charge is -2.43. The highest BCUT2D eigenvalue weighted by molar-refractivity contribution is 7.99. The fourth-order valence-electron chi connectivity index (χ4n) is 3.55. The van der Waals surface area contributed by atoms with Crippen LogP contribution in [0.25, 0.3) is 0 Å². The number of hydrogen-bond donors (Lipinski definition) is 2. The molecule has 2 heterocycles. The Balaban J connectivity index is 1.68. The summed E-state index contributed by atoms with van der Waals surface area (Å²) in [6, 6.07) is 13.3. The Hall–Kier alpha value is -2.01. The summed E-state index contributed by atoms with van der Waals surface area (Å²) in [6.45, 7) is 2.75. The Morgan fingerprint density at radius 1 is 1.12 bits per heavy atom. The Bertz CT molecular complexity index is 812. The third-order valence-corrected chi connectivity index (χ3v) is 5.90. The monoisotopic (exact) mass is 355 g/mol. The van der Waals surface area contributed by atoms with Gasteiger partial charge in [0.05, 0.1) is 23.5 Å². The molecule has 2 aromatic rings. The second-order valence-electron chi connectivity index (χ2n) is 6.79. The highest BCUT2D eigenvalue weighted by Gasteiger charge is 2.41. The van der Waals surface area contributed by atoms with E-state index in [0.29, 0.717) is 6.54 Å². The normalized spacial score (nSPS) is 20.0. The van der Waals surface area contributed by atoms with Crippen LogP contribution < -0.4 is 10.6 Å². The minimum atomic E-state index is -0.214. The van der Waals surface area contributed by atoms with Crippen molar-refractivity contribution in [2.24, 2.45) is 4.99 Å². The molecule has 0 amide bonds. The largest absolute Gasteiger partial charge is 0.371 e. The van der Waals surface area contributed by atoms with Crippen LogP contribution in [0.2, 0.25) is 0 Å². The number of halogens is 1. The van der Waals surface area contributed by atoms with Crippen LogP contribution in [0, 0.1) is 12.7 Å². The zero-order chi connectivity index (χ0) is 17.3. The maximum atomic E-state index is 13.7. The smallest absolute Gasteiger partial charge is 0.127 e. The van der Waals surface area contributed by atoms with Crippen LogP contribution in [-0.4, -0.2) is 22.9 Å². The average molecular weight is 355 g/mol. The standard InChI is InChI=1S/C20H22FN3S/c1-14-3-2-4-15(11-14)13-22-19-20(7-9-25-10-8-20)24-18-12-16(21)5-6-17(18)23-19/h2-6,11-12,24H,7-10,13H2,1H3,(H,22,23). The Labute approximate surface area is 152 Å². The first kappa shape index (κ1) is 16.5. The van der Waals surface area contributed by atoms with Gasteiger partial charge in [0.1, 0.15) is 11.7 Å². The Morgan fingerprint density at radius 3 is 2.76 bits per heavy atom. The fraction of sp³-hybridized carbons (Fsp3) is 0.350. The number of nitrogens with one attached hydrogen (secondary N) is 2. The van der Waals surface area contributed by atoms with Crippen molar-refractivity contribution in [3.05, 3.63) is 59.4 Å². The molecule has 0 radical (unpaired) electrons. The zero-order valence-corrected chi connectivity index (χ0v) is 15.1. The summed E-state index contributed by atoms with van der Waals surface area (Å²) in [4.78, 5) is 4.93. The number of aryl methyl sites for hydroxylation is 1. The predicted octanol–water partition coefficient (Wildman–Crippen LogP) is 4.84. The number of amidine groups is 1. The number of aliphatic imine (C=N–C) groups is 1. The summed E-state index contributed by atoms with van der Waals surface area (Å²) in [6.07, 6.45) is 1.99. The number of benzene rings is 2. The molecule has 0 saturated carbocycles. The first-order valence-corrected chi connectivity index (χ1v) is 9.83. The van der Waals surface area contributed by atoms with Gasteiger partial charge >= 0.3 is 0 Å². The van der Waals surface area contributed by atoms with E-state index in [2.05, 4.69) is 41.8 Å². The lowest BCUT2D eigenvalue weighted by molar-refractivity contribution is 0.558. The number of fused-ring (bicyclic) bond motifs is 1. The van der Waals surface area contributed by atoms with E-state index in [1.807, 2.05) is 11.8 Å². The summed E-state index contributed by atoms with van der Waals surface area (Å²) in [5.41, 5.74) is 3.97. The van der Waals surface area contributed by atoms with Crippen molar-refractivity contribution in [3.63, 3.8) is 0 Å². The maximum absolute atomic E-state index is 13.7. The van der Waals surface area contributed by atoms with Crippen LogP contribution in [0.15, 0.2) is 47.5 Å². The van der Waals surface area contributed by atoms with Gasteiger partial charge in [-0.15, -0.1) is 0 Å². The minimum absolute atomic E-state index is 0.212. The Kier molecular flexibility index (Phi) is 4.42. The van der Waals surface area contributed by atoms with E-state index in [9.17, 15) is 4.39 Å². The molecule has 3 nitrogen and oxygen atoms in total. The van der Waals surface area contributed by atoms with Gasteiger partial charge in [-0.2, -0.15) is 11.8 Å². The topological polar surface area (TPSA) is 36.4 Å². The van der Waals surface area contributed by atoms with Crippen LogP contribution in [-0.2, 0) is 6.54 Å². The van der Waals surface area contributed by atoms with E-state index in [0.717, 1.165) is 41.6 Å². The summed E-state index contributed by atoms with van der Waals surface area (Å²) in [7, 11) is 0. The first-order chi connectivity index (χ1) is 12.1. The summed E-state index contributed by atoms with van der Waals surface area (Å²) >= 11 is 1.97. The molecule has 0 aromatic heterocycles. The summed E-state index contributed by atoms with van der Waals surface area (Å²) < 4.78 is 13.7. The molecule has 0 atom stereocenters. The van der Waals surface area contributed by atoms with Gasteiger partial charge in [0.25, 0.3) is 0 Å². The van der Waals surface area contributed by atoms with Crippen LogP contribution in [0.3, 0.4) is 0 Å². The molecular formula is C20H22FN3S. The van der Waals surface area contributed by atoms with Crippen molar-refractivity contribution in [1.82, 2.24) is 0 Å². The average Bonchev–Trinajstić information content (AvgIpc) is 2.61. The van der Waals surface area contributed by atoms with E-state index in [4.69, 9.17) is 4.99 Å². The van der Waals surface area contributed by atoms with Crippen LogP contribution in [0.1, 0.15) is 24.0 Å². The molecule has 0 bridgehead atoms. The van der Waals surface area contributed by atoms with Crippen LogP contribution in [0.5, 0.6) is 0 Å². The number of nitrogens with zero attached hydrogens (tertiary/aromatic N) is 1. The van der Waals surface area contributed by atoms with E-state index < -0.39 is 0 Å². The molecule has 0 aliphatic carbocycles. The number of anilines is 2. The second-order valence-corrected chi connectivity index (χ2v) is 8.01. The summed E-state index contributed by atoms with van der Waals surface area (Å²) in [5, 5.41) is 7.09.